The summed E-state index contributed by atoms with van der Waals surface area (Å²) in [6.07, 6.45) is 8.63. The standard InChI is InChI=1S/C17H25ClO/c1-2-5-14-7-9-15(10-8-14)17(18)12-11-16-6-3-4-13-19-16/h7-10,16-17H,2-6,11-13H2,1H3. The molecule has 106 valence electrons. The summed E-state index contributed by atoms with van der Waals surface area (Å²) < 4.78 is 5.76. The number of hydrogen-bond acceptors (Lipinski definition) is 1. The predicted molar refractivity (Wildman–Crippen MR) is 81.9 cm³/mol. The predicted octanol–water partition coefficient (Wildman–Crippen LogP) is 5.27. The Bertz CT molecular complexity index is 354. The summed E-state index contributed by atoms with van der Waals surface area (Å²) in [5, 5.41) is 0.126. The van der Waals surface area contributed by atoms with Gasteiger partial charge in [0.25, 0.3) is 0 Å². The Morgan fingerprint density at radius 1 is 1.26 bits per heavy atom. The SMILES string of the molecule is CCCc1ccc(C(Cl)CCC2CCCCO2)cc1. The second-order valence-corrected chi connectivity index (χ2v) is 6.05. The first-order chi connectivity index (χ1) is 9.29. The molecule has 1 aliphatic heterocycles. The minimum atomic E-state index is 0.126. The highest BCUT2D eigenvalue weighted by Gasteiger charge is 2.16. The lowest BCUT2D eigenvalue weighted by Crippen LogP contribution is -2.19. The Morgan fingerprint density at radius 3 is 2.68 bits per heavy atom. The minimum Gasteiger partial charge on any atom is -0.378 e. The Balaban J connectivity index is 1.79. The molecule has 0 radical (unpaired) electrons. The van der Waals surface area contributed by atoms with Crippen LogP contribution in [0.25, 0.3) is 0 Å². The molecular weight excluding hydrogens is 256 g/mol. The summed E-state index contributed by atoms with van der Waals surface area (Å²) in [5.41, 5.74) is 2.66. The molecule has 2 rings (SSSR count). The van der Waals surface area contributed by atoms with Crippen molar-refractivity contribution in [1.82, 2.24) is 0 Å². The fraction of sp³-hybridized carbons (Fsp3) is 0.647. The van der Waals surface area contributed by atoms with Gasteiger partial charge in [-0.25, -0.2) is 0 Å². The Morgan fingerprint density at radius 2 is 2.05 bits per heavy atom. The maximum atomic E-state index is 6.50. The van der Waals surface area contributed by atoms with Gasteiger partial charge in [-0.15, -0.1) is 11.6 Å². The lowest BCUT2D eigenvalue weighted by Gasteiger charge is -2.23. The molecule has 1 nitrogen and oxygen atoms in total. The van der Waals surface area contributed by atoms with Crippen molar-refractivity contribution in [2.45, 2.75) is 63.4 Å². The van der Waals surface area contributed by atoms with Gasteiger partial charge in [-0.1, -0.05) is 37.6 Å². The summed E-state index contributed by atoms with van der Waals surface area (Å²) >= 11 is 6.50. The molecule has 1 fully saturated rings. The van der Waals surface area contributed by atoms with Gasteiger partial charge in [-0.3, -0.25) is 0 Å². The summed E-state index contributed by atoms with van der Waals surface area (Å²) in [5.74, 6) is 0. The van der Waals surface area contributed by atoms with Gasteiger partial charge in [0.1, 0.15) is 0 Å². The van der Waals surface area contributed by atoms with Gasteiger partial charge >= 0.3 is 0 Å². The van der Waals surface area contributed by atoms with Gasteiger partial charge in [0.15, 0.2) is 0 Å². The molecule has 0 saturated carbocycles. The van der Waals surface area contributed by atoms with E-state index in [1.807, 2.05) is 0 Å². The summed E-state index contributed by atoms with van der Waals surface area (Å²) in [6.45, 7) is 3.14. The number of halogens is 1. The molecule has 2 heteroatoms. The largest absolute Gasteiger partial charge is 0.378 e. The van der Waals surface area contributed by atoms with Crippen molar-refractivity contribution in [3.8, 4) is 0 Å². The molecule has 1 aromatic carbocycles. The summed E-state index contributed by atoms with van der Waals surface area (Å²) in [7, 11) is 0. The molecule has 0 bridgehead atoms. The van der Waals surface area contributed by atoms with E-state index in [4.69, 9.17) is 16.3 Å². The monoisotopic (exact) mass is 280 g/mol. The fourth-order valence-corrected chi connectivity index (χ4v) is 2.99. The summed E-state index contributed by atoms with van der Waals surface area (Å²) in [4.78, 5) is 0. The van der Waals surface area contributed by atoms with Gasteiger partial charge in [-0.2, -0.15) is 0 Å². The zero-order valence-electron chi connectivity index (χ0n) is 11.9. The van der Waals surface area contributed by atoms with Crippen LogP contribution in [0, 0.1) is 0 Å². The molecule has 0 spiro atoms. The third-order valence-corrected chi connectivity index (χ3v) is 4.37. The van der Waals surface area contributed by atoms with Crippen LogP contribution in [0.5, 0.6) is 0 Å². The molecule has 1 aromatic rings. The molecule has 1 saturated heterocycles. The van der Waals surface area contributed by atoms with Gasteiger partial charge < -0.3 is 4.74 Å². The van der Waals surface area contributed by atoms with Gasteiger partial charge in [0.05, 0.1) is 11.5 Å². The van der Waals surface area contributed by atoms with Crippen LogP contribution in [-0.4, -0.2) is 12.7 Å². The number of hydrogen-bond donors (Lipinski definition) is 0. The van der Waals surface area contributed by atoms with E-state index >= 15 is 0 Å². The Hall–Kier alpha value is -0.530. The lowest BCUT2D eigenvalue weighted by atomic mass is 9.99. The smallest absolute Gasteiger partial charge is 0.0586 e. The van der Waals surface area contributed by atoms with Crippen molar-refractivity contribution in [1.29, 1.82) is 0 Å². The zero-order chi connectivity index (χ0) is 13.5. The highest BCUT2D eigenvalue weighted by molar-refractivity contribution is 6.20. The van der Waals surface area contributed by atoms with E-state index in [9.17, 15) is 0 Å². The normalized spacial score (nSPS) is 21.3. The topological polar surface area (TPSA) is 9.23 Å². The van der Waals surface area contributed by atoms with Crippen LogP contribution in [0.3, 0.4) is 0 Å². The van der Waals surface area contributed by atoms with E-state index in [1.54, 1.807) is 0 Å². The van der Waals surface area contributed by atoms with E-state index in [0.717, 1.165) is 25.9 Å². The van der Waals surface area contributed by atoms with E-state index in [2.05, 4.69) is 31.2 Å². The molecule has 2 atom stereocenters. The van der Waals surface area contributed by atoms with E-state index in [0.29, 0.717) is 6.10 Å². The van der Waals surface area contributed by atoms with Crippen molar-refractivity contribution in [2.75, 3.05) is 6.61 Å². The number of aryl methyl sites for hydroxylation is 1. The van der Waals surface area contributed by atoms with Crippen LogP contribution >= 0.6 is 11.6 Å². The summed E-state index contributed by atoms with van der Waals surface area (Å²) in [6, 6.07) is 8.80. The second-order valence-electron chi connectivity index (χ2n) is 5.53. The number of rotatable bonds is 6. The third-order valence-electron chi connectivity index (χ3n) is 3.90. The third kappa shape index (κ3) is 4.81. The number of benzene rings is 1. The first-order valence-electron chi connectivity index (χ1n) is 7.64. The Labute approximate surface area is 122 Å². The van der Waals surface area contributed by atoms with Gasteiger partial charge in [-0.05, 0) is 49.7 Å². The molecule has 2 unspecified atom stereocenters. The van der Waals surface area contributed by atoms with E-state index < -0.39 is 0 Å². The average Bonchev–Trinajstić information content (AvgIpc) is 2.47. The quantitative estimate of drug-likeness (QED) is 0.645. The second kappa shape index (κ2) is 7.91. The van der Waals surface area contributed by atoms with Crippen molar-refractivity contribution >= 4 is 11.6 Å². The first kappa shape index (κ1) is 14.9. The molecule has 0 aliphatic carbocycles. The zero-order valence-corrected chi connectivity index (χ0v) is 12.7. The maximum Gasteiger partial charge on any atom is 0.0586 e. The van der Waals surface area contributed by atoms with Crippen molar-refractivity contribution in [3.05, 3.63) is 35.4 Å². The van der Waals surface area contributed by atoms with Crippen LogP contribution < -0.4 is 0 Å². The van der Waals surface area contributed by atoms with Crippen LogP contribution in [0.15, 0.2) is 24.3 Å². The Kier molecular flexibility index (Phi) is 6.19. The van der Waals surface area contributed by atoms with Crippen molar-refractivity contribution in [3.63, 3.8) is 0 Å². The maximum absolute atomic E-state index is 6.50. The number of alkyl halides is 1. The van der Waals surface area contributed by atoms with Crippen LogP contribution in [0.2, 0.25) is 0 Å². The van der Waals surface area contributed by atoms with Gasteiger partial charge in [0, 0.05) is 6.61 Å². The first-order valence-corrected chi connectivity index (χ1v) is 8.07. The van der Waals surface area contributed by atoms with Crippen LogP contribution in [-0.2, 0) is 11.2 Å². The van der Waals surface area contributed by atoms with Crippen molar-refractivity contribution in [2.24, 2.45) is 0 Å². The molecular formula is C17H25ClO. The molecule has 0 aromatic heterocycles. The van der Waals surface area contributed by atoms with Crippen molar-refractivity contribution < 1.29 is 4.74 Å². The van der Waals surface area contributed by atoms with E-state index in [1.165, 1.54) is 36.8 Å². The fourth-order valence-electron chi connectivity index (χ4n) is 2.72. The highest BCUT2D eigenvalue weighted by Crippen LogP contribution is 2.29. The molecule has 1 aliphatic rings. The molecule has 1 heterocycles. The van der Waals surface area contributed by atoms with E-state index in [-0.39, 0.29) is 5.38 Å². The average molecular weight is 281 g/mol. The molecule has 0 N–H and O–H groups in total. The molecule has 0 amide bonds. The van der Waals surface area contributed by atoms with Crippen LogP contribution in [0.4, 0.5) is 0 Å². The van der Waals surface area contributed by atoms with Gasteiger partial charge in [0.2, 0.25) is 0 Å². The lowest BCUT2D eigenvalue weighted by molar-refractivity contribution is 0.0100. The van der Waals surface area contributed by atoms with Crippen LogP contribution in [0.1, 0.15) is 62.0 Å². The minimum absolute atomic E-state index is 0.126. The highest BCUT2D eigenvalue weighted by atomic mass is 35.5. The number of ether oxygens (including phenoxy) is 1. The molecule has 19 heavy (non-hydrogen) atoms.